The third-order valence-electron chi connectivity index (χ3n) is 2.96. The number of carbonyl (C=O) groups is 1. The minimum atomic E-state index is -0.273. The summed E-state index contributed by atoms with van der Waals surface area (Å²) in [4.78, 5) is 12.0. The maximum atomic E-state index is 12.0. The summed E-state index contributed by atoms with van der Waals surface area (Å²) in [7, 11) is 1.83. The fourth-order valence-electron chi connectivity index (χ4n) is 1.99. The molecule has 1 aromatic carbocycles. The lowest BCUT2D eigenvalue weighted by Gasteiger charge is -1.99. The van der Waals surface area contributed by atoms with Crippen molar-refractivity contribution in [2.75, 3.05) is 5.73 Å². The van der Waals surface area contributed by atoms with Crippen molar-refractivity contribution in [3.05, 3.63) is 48.0 Å². The quantitative estimate of drug-likeness (QED) is 0.709. The number of rotatable bonds is 3. The summed E-state index contributed by atoms with van der Waals surface area (Å²) in [5.41, 5.74) is 7.76. The van der Waals surface area contributed by atoms with Gasteiger partial charge in [0.25, 0.3) is 5.91 Å². The maximum absolute atomic E-state index is 12.0. The largest absolute Gasteiger partial charge is 0.451 e. The molecule has 0 aliphatic heterocycles. The van der Waals surface area contributed by atoms with Crippen LogP contribution in [0.1, 0.15) is 16.2 Å². The molecule has 0 fully saturated rings. The van der Waals surface area contributed by atoms with E-state index in [0.717, 1.165) is 11.1 Å². The second-order valence-electron chi connectivity index (χ2n) is 4.57. The molecule has 6 nitrogen and oxygen atoms in total. The number of aryl methyl sites for hydroxylation is 1. The predicted octanol–water partition coefficient (Wildman–Crippen LogP) is 1.68. The topological polar surface area (TPSA) is 86.1 Å². The van der Waals surface area contributed by atoms with Crippen molar-refractivity contribution in [2.24, 2.45) is 7.05 Å². The van der Waals surface area contributed by atoms with Gasteiger partial charge in [0.15, 0.2) is 5.76 Å². The number of carbonyl (C=O) groups excluding carboxylic acids is 1. The van der Waals surface area contributed by atoms with Crippen molar-refractivity contribution in [1.29, 1.82) is 0 Å². The van der Waals surface area contributed by atoms with Gasteiger partial charge in [0.2, 0.25) is 0 Å². The molecule has 0 spiro atoms. The molecule has 0 bridgehead atoms. The second kappa shape index (κ2) is 4.73. The average molecular weight is 270 g/mol. The van der Waals surface area contributed by atoms with Gasteiger partial charge in [-0.1, -0.05) is 0 Å². The lowest BCUT2D eigenvalue weighted by atomic mass is 10.2. The summed E-state index contributed by atoms with van der Waals surface area (Å²) in [5, 5.41) is 7.76. The Morgan fingerprint density at radius 3 is 3.00 bits per heavy atom. The minimum Gasteiger partial charge on any atom is -0.451 e. The SMILES string of the molecule is Cn1ccc(CNC(=O)c2cc3cc(N)ccc3o2)n1. The molecule has 0 aliphatic rings. The van der Waals surface area contributed by atoms with Gasteiger partial charge in [-0.05, 0) is 30.3 Å². The van der Waals surface area contributed by atoms with E-state index in [1.54, 1.807) is 28.9 Å². The highest BCUT2D eigenvalue weighted by Gasteiger charge is 2.12. The summed E-state index contributed by atoms with van der Waals surface area (Å²) in [6.07, 6.45) is 1.82. The Bertz CT molecular complexity index is 772. The van der Waals surface area contributed by atoms with Crippen molar-refractivity contribution < 1.29 is 9.21 Å². The first kappa shape index (κ1) is 12.3. The Kier molecular flexibility index (Phi) is 2.90. The van der Waals surface area contributed by atoms with Crippen LogP contribution in [0.15, 0.2) is 40.9 Å². The normalized spacial score (nSPS) is 10.8. The van der Waals surface area contributed by atoms with Crippen LogP contribution in [0.3, 0.4) is 0 Å². The van der Waals surface area contributed by atoms with Crippen molar-refractivity contribution in [3.8, 4) is 0 Å². The Balaban J connectivity index is 1.75. The van der Waals surface area contributed by atoms with Gasteiger partial charge in [-0.15, -0.1) is 0 Å². The molecule has 3 N–H and O–H groups in total. The number of amides is 1. The monoisotopic (exact) mass is 270 g/mol. The van der Waals surface area contributed by atoms with Crippen LogP contribution in [0.4, 0.5) is 5.69 Å². The molecule has 2 heterocycles. The predicted molar refractivity (Wildman–Crippen MR) is 75.0 cm³/mol. The zero-order valence-electron chi connectivity index (χ0n) is 11.0. The summed E-state index contributed by atoms with van der Waals surface area (Å²) < 4.78 is 7.17. The van der Waals surface area contributed by atoms with E-state index in [2.05, 4.69) is 10.4 Å². The third-order valence-corrected chi connectivity index (χ3v) is 2.96. The molecule has 102 valence electrons. The molecule has 3 aromatic rings. The van der Waals surface area contributed by atoms with E-state index < -0.39 is 0 Å². The van der Waals surface area contributed by atoms with Crippen LogP contribution >= 0.6 is 0 Å². The smallest absolute Gasteiger partial charge is 0.287 e. The molecule has 0 saturated heterocycles. The zero-order chi connectivity index (χ0) is 14.1. The van der Waals surface area contributed by atoms with E-state index >= 15 is 0 Å². The third kappa shape index (κ3) is 2.35. The number of hydrogen-bond acceptors (Lipinski definition) is 4. The molecule has 6 heteroatoms. The number of nitrogens with zero attached hydrogens (tertiary/aromatic N) is 2. The van der Waals surface area contributed by atoms with E-state index in [0.29, 0.717) is 17.8 Å². The Hall–Kier alpha value is -2.76. The van der Waals surface area contributed by atoms with Gasteiger partial charge in [0.1, 0.15) is 5.58 Å². The first-order valence-corrected chi connectivity index (χ1v) is 6.17. The van der Waals surface area contributed by atoms with Gasteiger partial charge >= 0.3 is 0 Å². The summed E-state index contributed by atoms with van der Waals surface area (Å²) >= 11 is 0. The van der Waals surface area contributed by atoms with E-state index in [1.165, 1.54) is 0 Å². The van der Waals surface area contributed by atoms with Gasteiger partial charge in [-0.2, -0.15) is 5.10 Å². The second-order valence-corrected chi connectivity index (χ2v) is 4.57. The summed E-state index contributed by atoms with van der Waals surface area (Å²) in [6, 6.07) is 8.79. The lowest BCUT2D eigenvalue weighted by molar-refractivity contribution is 0.0925. The standard InChI is InChI=1S/C14H14N4O2/c1-18-5-4-11(17-18)8-16-14(19)13-7-9-6-10(15)2-3-12(9)20-13/h2-7H,8,15H2,1H3,(H,16,19). The molecule has 0 radical (unpaired) electrons. The number of anilines is 1. The molecule has 2 aromatic heterocycles. The highest BCUT2D eigenvalue weighted by atomic mass is 16.3. The number of aromatic nitrogens is 2. The van der Waals surface area contributed by atoms with Crippen LogP contribution in [0.2, 0.25) is 0 Å². The van der Waals surface area contributed by atoms with E-state index in [9.17, 15) is 4.79 Å². The van der Waals surface area contributed by atoms with E-state index in [-0.39, 0.29) is 11.7 Å². The molecule has 0 atom stereocenters. The first-order chi connectivity index (χ1) is 9.61. The van der Waals surface area contributed by atoms with Crippen LogP contribution in [-0.2, 0) is 13.6 Å². The Morgan fingerprint density at radius 1 is 1.40 bits per heavy atom. The number of fused-ring (bicyclic) bond motifs is 1. The van der Waals surface area contributed by atoms with Crippen molar-refractivity contribution >= 4 is 22.6 Å². The number of hydrogen-bond donors (Lipinski definition) is 2. The lowest BCUT2D eigenvalue weighted by Crippen LogP contribution is -2.22. The Labute approximate surface area is 115 Å². The van der Waals surface area contributed by atoms with Crippen LogP contribution in [-0.4, -0.2) is 15.7 Å². The van der Waals surface area contributed by atoms with E-state index in [1.807, 2.05) is 19.3 Å². The van der Waals surface area contributed by atoms with Gasteiger partial charge in [-0.25, -0.2) is 0 Å². The highest BCUT2D eigenvalue weighted by molar-refractivity contribution is 5.96. The fourth-order valence-corrected chi connectivity index (χ4v) is 1.99. The van der Waals surface area contributed by atoms with Crippen LogP contribution in [0.5, 0.6) is 0 Å². The van der Waals surface area contributed by atoms with Gasteiger partial charge in [-0.3, -0.25) is 9.48 Å². The minimum absolute atomic E-state index is 0.265. The molecule has 0 unspecified atom stereocenters. The van der Waals surface area contributed by atoms with Crippen LogP contribution in [0.25, 0.3) is 11.0 Å². The molecule has 20 heavy (non-hydrogen) atoms. The average Bonchev–Trinajstić information content (AvgIpc) is 3.01. The van der Waals surface area contributed by atoms with Crippen molar-refractivity contribution in [1.82, 2.24) is 15.1 Å². The summed E-state index contributed by atoms with van der Waals surface area (Å²) in [6.45, 7) is 0.360. The van der Waals surface area contributed by atoms with E-state index in [4.69, 9.17) is 10.2 Å². The zero-order valence-corrected chi connectivity index (χ0v) is 11.0. The number of nitrogen functional groups attached to an aromatic ring is 1. The fraction of sp³-hybridized carbons (Fsp3) is 0.143. The number of benzene rings is 1. The summed E-state index contributed by atoms with van der Waals surface area (Å²) in [5.74, 6) is -0.00745. The van der Waals surface area contributed by atoms with Gasteiger partial charge in [0.05, 0.1) is 12.2 Å². The highest BCUT2D eigenvalue weighted by Crippen LogP contribution is 2.21. The molecule has 3 rings (SSSR count). The first-order valence-electron chi connectivity index (χ1n) is 6.17. The molecule has 0 saturated carbocycles. The molecular formula is C14H14N4O2. The van der Waals surface area contributed by atoms with Crippen molar-refractivity contribution in [3.63, 3.8) is 0 Å². The maximum Gasteiger partial charge on any atom is 0.287 e. The van der Waals surface area contributed by atoms with Crippen molar-refractivity contribution in [2.45, 2.75) is 6.54 Å². The Morgan fingerprint density at radius 2 is 2.25 bits per heavy atom. The van der Waals surface area contributed by atoms with Crippen LogP contribution in [0, 0.1) is 0 Å². The van der Waals surface area contributed by atoms with Gasteiger partial charge < -0.3 is 15.5 Å². The number of nitrogens with one attached hydrogen (secondary N) is 1. The van der Waals surface area contributed by atoms with Gasteiger partial charge in [0, 0.05) is 24.3 Å². The van der Waals surface area contributed by atoms with Crippen LogP contribution < -0.4 is 11.1 Å². The number of nitrogens with two attached hydrogens (primary N) is 1. The number of furan rings is 1. The molecule has 0 aliphatic carbocycles. The molecule has 1 amide bonds. The molecular weight excluding hydrogens is 256 g/mol.